The Hall–Kier alpha value is -1.55. The minimum absolute atomic E-state index is 0.308. The van der Waals surface area contributed by atoms with Gasteiger partial charge in [-0.05, 0) is 31.2 Å². The highest BCUT2D eigenvalue weighted by Crippen LogP contribution is 2.12. The lowest BCUT2D eigenvalue weighted by Crippen LogP contribution is -2.45. The smallest absolute Gasteiger partial charge is 0.334 e. The van der Waals surface area contributed by atoms with Gasteiger partial charge in [0.2, 0.25) is 0 Å². The molecule has 4 heteroatoms. The Morgan fingerprint density at radius 2 is 2.29 bits per heavy atom. The first-order valence-electron chi connectivity index (χ1n) is 4.39. The zero-order valence-corrected chi connectivity index (χ0v) is 8.07. The van der Waals surface area contributed by atoms with E-state index in [2.05, 4.69) is 0 Å². The second-order valence-electron chi connectivity index (χ2n) is 3.01. The molecule has 0 amide bonds. The van der Waals surface area contributed by atoms with Crippen LogP contribution in [-0.2, 0) is 9.53 Å². The molecule has 0 spiro atoms. The molecule has 1 atom stereocenters. The SMILES string of the molecule is CCOC(=O)C1(N)C=CC=C(N)C=C1. The molecule has 0 heterocycles. The maximum Gasteiger partial charge on any atom is 0.334 e. The summed E-state index contributed by atoms with van der Waals surface area (Å²) in [6.07, 6.45) is 8.00. The summed E-state index contributed by atoms with van der Waals surface area (Å²) < 4.78 is 4.84. The molecule has 0 saturated heterocycles. The maximum absolute atomic E-state index is 11.5. The van der Waals surface area contributed by atoms with Gasteiger partial charge in [0.05, 0.1) is 6.61 Å². The number of ether oxygens (including phenoxy) is 1. The number of carbonyl (C=O) groups excluding carboxylic acids is 1. The number of nitrogens with two attached hydrogens (primary N) is 2. The Bertz CT molecular complexity index is 318. The van der Waals surface area contributed by atoms with Gasteiger partial charge in [0.15, 0.2) is 5.54 Å². The van der Waals surface area contributed by atoms with E-state index >= 15 is 0 Å². The van der Waals surface area contributed by atoms with Gasteiger partial charge in [-0.15, -0.1) is 0 Å². The first kappa shape index (κ1) is 10.5. The average Bonchev–Trinajstić information content (AvgIpc) is 2.30. The lowest BCUT2D eigenvalue weighted by molar-refractivity contribution is -0.146. The van der Waals surface area contributed by atoms with E-state index in [0.29, 0.717) is 12.3 Å². The van der Waals surface area contributed by atoms with Gasteiger partial charge in [-0.2, -0.15) is 0 Å². The van der Waals surface area contributed by atoms with Crippen molar-refractivity contribution < 1.29 is 9.53 Å². The van der Waals surface area contributed by atoms with Crippen molar-refractivity contribution in [2.24, 2.45) is 11.5 Å². The summed E-state index contributed by atoms with van der Waals surface area (Å²) in [7, 11) is 0. The van der Waals surface area contributed by atoms with Crippen molar-refractivity contribution in [3.05, 3.63) is 36.1 Å². The van der Waals surface area contributed by atoms with E-state index in [1.54, 1.807) is 31.2 Å². The van der Waals surface area contributed by atoms with E-state index in [0.717, 1.165) is 0 Å². The van der Waals surface area contributed by atoms with Crippen molar-refractivity contribution in [2.75, 3.05) is 6.61 Å². The van der Waals surface area contributed by atoms with Crippen LogP contribution in [0.2, 0.25) is 0 Å². The maximum atomic E-state index is 11.5. The minimum atomic E-state index is -1.20. The molecule has 76 valence electrons. The zero-order valence-electron chi connectivity index (χ0n) is 8.07. The summed E-state index contributed by atoms with van der Waals surface area (Å²) in [6.45, 7) is 2.04. The van der Waals surface area contributed by atoms with Crippen LogP contribution in [0.3, 0.4) is 0 Å². The molecule has 1 aliphatic rings. The molecule has 4 nitrogen and oxygen atoms in total. The number of hydrogen-bond acceptors (Lipinski definition) is 4. The third-order valence-electron chi connectivity index (χ3n) is 1.84. The van der Waals surface area contributed by atoms with Gasteiger partial charge in [-0.3, -0.25) is 0 Å². The molecule has 0 fully saturated rings. The summed E-state index contributed by atoms with van der Waals surface area (Å²) in [6, 6.07) is 0. The summed E-state index contributed by atoms with van der Waals surface area (Å²) >= 11 is 0. The first-order chi connectivity index (χ1) is 6.58. The van der Waals surface area contributed by atoms with Crippen LogP contribution in [0.1, 0.15) is 6.92 Å². The molecule has 0 aromatic rings. The molecule has 14 heavy (non-hydrogen) atoms. The molecule has 0 saturated carbocycles. The van der Waals surface area contributed by atoms with E-state index in [1.807, 2.05) is 0 Å². The largest absolute Gasteiger partial charge is 0.464 e. The van der Waals surface area contributed by atoms with Crippen LogP contribution >= 0.6 is 0 Å². The van der Waals surface area contributed by atoms with E-state index in [1.165, 1.54) is 6.08 Å². The van der Waals surface area contributed by atoms with E-state index in [9.17, 15) is 4.79 Å². The molecule has 0 bridgehead atoms. The van der Waals surface area contributed by atoms with Crippen LogP contribution in [-0.4, -0.2) is 18.1 Å². The number of allylic oxidation sites excluding steroid dienone is 3. The highest BCUT2D eigenvalue weighted by Gasteiger charge is 2.30. The fourth-order valence-corrected chi connectivity index (χ4v) is 1.06. The molecule has 0 aliphatic heterocycles. The molecule has 1 aliphatic carbocycles. The van der Waals surface area contributed by atoms with Crippen LogP contribution in [0.25, 0.3) is 0 Å². The molecule has 0 aromatic carbocycles. The van der Waals surface area contributed by atoms with Gasteiger partial charge in [0.25, 0.3) is 0 Å². The Labute approximate surface area is 82.9 Å². The molecule has 1 unspecified atom stereocenters. The molecule has 0 radical (unpaired) electrons. The van der Waals surface area contributed by atoms with Crippen LogP contribution in [0.15, 0.2) is 36.1 Å². The number of carbonyl (C=O) groups is 1. The normalized spacial score (nSPS) is 25.4. The molecular formula is C10H14N2O2. The van der Waals surface area contributed by atoms with Crippen molar-refractivity contribution in [1.29, 1.82) is 0 Å². The minimum Gasteiger partial charge on any atom is -0.464 e. The van der Waals surface area contributed by atoms with E-state index in [4.69, 9.17) is 16.2 Å². The topological polar surface area (TPSA) is 78.3 Å². The zero-order chi connectivity index (χ0) is 10.6. The fraction of sp³-hybridized carbons (Fsp3) is 0.300. The molecular weight excluding hydrogens is 180 g/mol. The van der Waals surface area contributed by atoms with Crippen molar-refractivity contribution >= 4 is 5.97 Å². The molecule has 1 rings (SSSR count). The molecule has 0 aromatic heterocycles. The van der Waals surface area contributed by atoms with Crippen LogP contribution < -0.4 is 11.5 Å². The van der Waals surface area contributed by atoms with E-state index in [-0.39, 0.29) is 0 Å². The summed E-state index contributed by atoms with van der Waals surface area (Å²) in [5, 5.41) is 0. The second kappa shape index (κ2) is 4.11. The molecule has 4 N–H and O–H groups in total. The monoisotopic (exact) mass is 194 g/mol. The van der Waals surface area contributed by atoms with E-state index < -0.39 is 11.5 Å². The average molecular weight is 194 g/mol. The third-order valence-corrected chi connectivity index (χ3v) is 1.84. The van der Waals surface area contributed by atoms with Gasteiger partial charge in [-0.25, -0.2) is 4.79 Å². The first-order valence-corrected chi connectivity index (χ1v) is 4.39. The number of esters is 1. The van der Waals surface area contributed by atoms with Gasteiger partial charge in [-0.1, -0.05) is 6.08 Å². The van der Waals surface area contributed by atoms with Gasteiger partial charge < -0.3 is 16.2 Å². The lowest BCUT2D eigenvalue weighted by atomic mass is 10.0. The summed E-state index contributed by atoms with van der Waals surface area (Å²) in [5.74, 6) is -0.476. The highest BCUT2D eigenvalue weighted by molar-refractivity contribution is 5.86. The number of rotatable bonds is 2. The van der Waals surface area contributed by atoms with Crippen LogP contribution in [0.5, 0.6) is 0 Å². The summed E-state index contributed by atoms with van der Waals surface area (Å²) in [5.41, 5.74) is 10.7. The van der Waals surface area contributed by atoms with Crippen molar-refractivity contribution in [3.8, 4) is 0 Å². The van der Waals surface area contributed by atoms with Crippen molar-refractivity contribution in [1.82, 2.24) is 0 Å². The second-order valence-corrected chi connectivity index (χ2v) is 3.01. The Balaban J connectivity index is 2.86. The number of hydrogen-bond donors (Lipinski definition) is 2. The van der Waals surface area contributed by atoms with Gasteiger partial charge >= 0.3 is 5.97 Å². The van der Waals surface area contributed by atoms with Crippen LogP contribution in [0.4, 0.5) is 0 Å². The van der Waals surface area contributed by atoms with Gasteiger partial charge in [0, 0.05) is 5.70 Å². The Morgan fingerprint density at radius 3 is 2.93 bits per heavy atom. The summed E-state index contributed by atoms with van der Waals surface area (Å²) in [4.78, 5) is 11.5. The predicted octanol–water partition coefficient (Wildman–Crippen LogP) is 0.216. The van der Waals surface area contributed by atoms with Crippen molar-refractivity contribution in [2.45, 2.75) is 12.5 Å². The third kappa shape index (κ3) is 2.23. The van der Waals surface area contributed by atoms with Gasteiger partial charge in [0.1, 0.15) is 0 Å². The lowest BCUT2D eigenvalue weighted by Gasteiger charge is -2.18. The quantitative estimate of drug-likeness (QED) is 0.616. The standard InChI is InChI=1S/C10H14N2O2/c1-2-14-9(13)10(12)6-3-4-8(11)5-7-10/h3-7H,2,11-12H2,1H3. The van der Waals surface area contributed by atoms with Crippen LogP contribution in [0, 0.1) is 0 Å². The Morgan fingerprint density at radius 1 is 1.57 bits per heavy atom. The highest BCUT2D eigenvalue weighted by atomic mass is 16.5. The predicted molar refractivity (Wildman–Crippen MR) is 54.1 cm³/mol. The van der Waals surface area contributed by atoms with Crippen molar-refractivity contribution in [3.63, 3.8) is 0 Å². The Kier molecular flexibility index (Phi) is 3.09. The fourth-order valence-electron chi connectivity index (χ4n) is 1.06.